The maximum absolute atomic E-state index is 11.3. The molecule has 0 aliphatic rings. The van der Waals surface area contributed by atoms with E-state index in [1.165, 1.54) is 18.2 Å². The summed E-state index contributed by atoms with van der Waals surface area (Å²) in [5.41, 5.74) is -0.0311. The Morgan fingerprint density at radius 2 is 2.10 bits per heavy atom. The summed E-state index contributed by atoms with van der Waals surface area (Å²) in [5, 5.41) is 32.1. The van der Waals surface area contributed by atoms with Gasteiger partial charge in [-0.15, -0.1) is 0 Å². The van der Waals surface area contributed by atoms with Crippen LogP contribution in [-0.2, 0) is 4.79 Å². The number of non-ortho nitro benzene ring substituents is 1. The second-order valence-corrected chi connectivity index (χ2v) is 4.99. The molecule has 0 aromatic heterocycles. The quantitative estimate of drug-likeness (QED) is 0.409. The number of nitrogens with one attached hydrogen (secondary N) is 1. The summed E-state index contributed by atoms with van der Waals surface area (Å²) in [4.78, 5) is 20.0. The van der Waals surface area contributed by atoms with Crippen molar-refractivity contribution in [2.75, 3.05) is 6.61 Å². The first-order valence-corrected chi connectivity index (χ1v) is 6.36. The Labute approximate surface area is 124 Å². The number of carbonyl (C=O) groups is 1. The molecule has 110 valence electrons. The Morgan fingerprint density at radius 1 is 1.45 bits per heavy atom. The highest BCUT2D eigenvalue weighted by atomic mass is 35.5. The van der Waals surface area contributed by atoms with Crippen molar-refractivity contribution in [1.29, 1.82) is 0 Å². The molecule has 7 nitrogen and oxygen atoms in total. The molecule has 1 amide bonds. The van der Waals surface area contributed by atoms with Gasteiger partial charge in [-0.1, -0.05) is 35.3 Å². The van der Waals surface area contributed by atoms with Crippen LogP contribution in [0.2, 0.25) is 0 Å². The van der Waals surface area contributed by atoms with Crippen LogP contribution in [0.25, 0.3) is 0 Å². The largest absolute Gasteiger partial charge is 0.394 e. The standard InChI is InChI=1S/C11H12Cl2N2O5/c12-10(13)11(18)14-8(5-16)9(17)6-2-1-3-7(4-6)15(19)20/h1-4,8-10,16-17H,5H2,(H,14,18). The first-order valence-electron chi connectivity index (χ1n) is 5.48. The third kappa shape index (κ3) is 4.31. The number of aliphatic hydroxyl groups excluding tert-OH is 2. The first-order chi connectivity index (χ1) is 9.36. The average molecular weight is 323 g/mol. The summed E-state index contributed by atoms with van der Waals surface area (Å²) >= 11 is 10.7. The van der Waals surface area contributed by atoms with E-state index >= 15 is 0 Å². The molecule has 0 aliphatic heterocycles. The van der Waals surface area contributed by atoms with E-state index in [4.69, 9.17) is 23.2 Å². The van der Waals surface area contributed by atoms with E-state index in [1.54, 1.807) is 0 Å². The van der Waals surface area contributed by atoms with E-state index in [0.717, 1.165) is 6.07 Å². The Kier molecular flexibility index (Phi) is 6.15. The topological polar surface area (TPSA) is 113 Å². The molecular formula is C11H12Cl2N2O5. The van der Waals surface area contributed by atoms with E-state index in [9.17, 15) is 25.1 Å². The number of benzene rings is 1. The number of nitrogens with zero attached hydrogens (tertiary/aromatic N) is 1. The van der Waals surface area contributed by atoms with Gasteiger partial charge in [0.15, 0.2) is 4.84 Å². The smallest absolute Gasteiger partial charge is 0.269 e. The number of rotatable bonds is 6. The lowest BCUT2D eigenvalue weighted by molar-refractivity contribution is -0.385. The predicted molar refractivity (Wildman–Crippen MR) is 72.6 cm³/mol. The van der Waals surface area contributed by atoms with Gasteiger partial charge >= 0.3 is 0 Å². The van der Waals surface area contributed by atoms with Gasteiger partial charge in [0.1, 0.15) is 6.10 Å². The van der Waals surface area contributed by atoms with Crippen molar-refractivity contribution in [3.8, 4) is 0 Å². The van der Waals surface area contributed by atoms with E-state index < -0.39 is 34.4 Å². The third-order valence-electron chi connectivity index (χ3n) is 2.53. The maximum atomic E-state index is 11.3. The number of aliphatic hydroxyl groups is 2. The van der Waals surface area contributed by atoms with Crippen molar-refractivity contribution in [3.05, 3.63) is 39.9 Å². The SMILES string of the molecule is O=C(NC(CO)C(O)c1cccc([N+](=O)[O-])c1)C(Cl)Cl. The van der Waals surface area contributed by atoms with Crippen LogP contribution >= 0.6 is 23.2 Å². The fraction of sp³-hybridized carbons (Fsp3) is 0.364. The first kappa shape index (κ1) is 16.6. The van der Waals surface area contributed by atoms with Gasteiger partial charge in [-0.2, -0.15) is 0 Å². The zero-order chi connectivity index (χ0) is 15.3. The van der Waals surface area contributed by atoms with E-state index in [1.807, 2.05) is 0 Å². The van der Waals surface area contributed by atoms with E-state index in [-0.39, 0.29) is 11.3 Å². The highest BCUT2D eigenvalue weighted by Gasteiger charge is 2.25. The summed E-state index contributed by atoms with van der Waals surface area (Å²) in [6.07, 6.45) is -1.34. The van der Waals surface area contributed by atoms with Gasteiger partial charge in [-0.25, -0.2) is 0 Å². The summed E-state index contributed by atoms with van der Waals surface area (Å²) in [7, 11) is 0. The van der Waals surface area contributed by atoms with Crippen molar-refractivity contribution in [2.45, 2.75) is 17.0 Å². The monoisotopic (exact) mass is 322 g/mol. The summed E-state index contributed by atoms with van der Waals surface area (Å²) in [5.74, 6) is -0.781. The number of alkyl halides is 2. The number of nitro groups is 1. The second kappa shape index (κ2) is 7.39. The Hall–Kier alpha value is -1.41. The molecule has 3 N–H and O–H groups in total. The predicted octanol–water partition coefficient (Wildman–Crippen LogP) is 0.909. The minimum atomic E-state index is -1.35. The van der Waals surface area contributed by atoms with Crippen LogP contribution in [0.4, 0.5) is 5.69 Å². The minimum Gasteiger partial charge on any atom is -0.394 e. The highest BCUT2D eigenvalue weighted by molar-refractivity contribution is 6.53. The summed E-state index contributed by atoms with van der Waals surface area (Å²) < 4.78 is 0. The lowest BCUT2D eigenvalue weighted by Gasteiger charge is -2.22. The van der Waals surface area contributed by atoms with Crippen molar-refractivity contribution in [1.82, 2.24) is 5.32 Å². The van der Waals surface area contributed by atoms with Crippen molar-refractivity contribution < 1.29 is 19.9 Å². The molecule has 0 spiro atoms. The van der Waals surface area contributed by atoms with Gasteiger partial charge in [-0.05, 0) is 5.56 Å². The molecule has 0 saturated carbocycles. The number of carbonyl (C=O) groups excluding carboxylic acids is 1. The van der Waals surface area contributed by atoms with Crippen LogP contribution in [0.1, 0.15) is 11.7 Å². The molecule has 2 unspecified atom stereocenters. The van der Waals surface area contributed by atoms with Crippen molar-refractivity contribution in [2.24, 2.45) is 0 Å². The Balaban J connectivity index is 2.90. The second-order valence-electron chi connectivity index (χ2n) is 3.90. The number of nitro benzene ring substituents is 1. The van der Waals surface area contributed by atoms with Gasteiger partial charge in [0.2, 0.25) is 0 Å². The average Bonchev–Trinajstić information content (AvgIpc) is 2.43. The zero-order valence-electron chi connectivity index (χ0n) is 10.1. The summed E-state index contributed by atoms with van der Waals surface area (Å²) in [6.45, 7) is -0.587. The number of hydrogen-bond acceptors (Lipinski definition) is 5. The van der Waals surface area contributed by atoms with Crippen LogP contribution in [0.3, 0.4) is 0 Å². The fourth-order valence-corrected chi connectivity index (χ4v) is 1.65. The molecule has 0 aliphatic carbocycles. The van der Waals surface area contributed by atoms with Crippen molar-refractivity contribution in [3.63, 3.8) is 0 Å². The molecule has 0 fully saturated rings. The lowest BCUT2D eigenvalue weighted by atomic mass is 10.0. The third-order valence-corrected chi connectivity index (χ3v) is 2.92. The molecule has 20 heavy (non-hydrogen) atoms. The molecule has 1 rings (SSSR count). The molecule has 9 heteroatoms. The molecule has 0 saturated heterocycles. The van der Waals surface area contributed by atoms with Crippen LogP contribution in [0.5, 0.6) is 0 Å². The molecular weight excluding hydrogens is 311 g/mol. The van der Waals surface area contributed by atoms with Gasteiger partial charge in [-0.3, -0.25) is 14.9 Å². The number of amides is 1. The normalized spacial score (nSPS) is 13.8. The maximum Gasteiger partial charge on any atom is 0.269 e. The summed E-state index contributed by atoms with van der Waals surface area (Å²) in [6, 6.07) is 4.16. The molecule has 0 radical (unpaired) electrons. The van der Waals surface area contributed by atoms with Gasteiger partial charge in [0, 0.05) is 12.1 Å². The number of hydrogen-bond donors (Lipinski definition) is 3. The molecule has 1 aromatic carbocycles. The molecule has 2 atom stereocenters. The van der Waals surface area contributed by atoms with E-state index in [0.29, 0.717) is 0 Å². The fourth-order valence-electron chi connectivity index (χ4n) is 1.52. The molecule has 0 heterocycles. The number of halogens is 2. The van der Waals surface area contributed by atoms with Gasteiger partial charge < -0.3 is 15.5 Å². The van der Waals surface area contributed by atoms with E-state index in [2.05, 4.69) is 5.32 Å². The van der Waals surface area contributed by atoms with Crippen LogP contribution < -0.4 is 5.32 Å². The molecule has 0 bridgehead atoms. The Morgan fingerprint density at radius 3 is 2.60 bits per heavy atom. The molecule has 1 aromatic rings. The highest BCUT2D eigenvalue weighted by Crippen LogP contribution is 2.22. The van der Waals surface area contributed by atoms with Gasteiger partial charge in [0.25, 0.3) is 11.6 Å². The van der Waals surface area contributed by atoms with Gasteiger partial charge in [0.05, 0.1) is 17.6 Å². The lowest BCUT2D eigenvalue weighted by Crippen LogP contribution is -2.44. The van der Waals surface area contributed by atoms with Crippen LogP contribution in [0.15, 0.2) is 24.3 Å². The zero-order valence-corrected chi connectivity index (χ0v) is 11.6. The van der Waals surface area contributed by atoms with Crippen molar-refractivity contribution >= 4 is 34.8 Å². The van der Waals surface area contributed by atoms with Crippen LogP contribution in [-0.4, -0.2) is 38.5 Å². The Bertz CT molecular complexity index is 497. The van der Waals surface area contributed by atoms with Crippen LogP contribution in [0, 0.1) is 10.1 Å². The minimum absolute atomic E-state index is 0.180.